The number of H-pyrrole nitrogens is 1. The average molecular weight is 437 g/mol. The zero-order valence-corrected chi connectivity index (χ0v) is 18.9. The van der Waals surface area contributed by atoms with E-state index in [1.165, 1.54) is 6.07 Å². The van der Waals surface area contributed by atoms with E-state index < -0.39 is 16.5 Å². The Balaban J connectivity index is 1.58. The standard InChI is InChI=1S/C24H28N4O4/c1-13-12-18(29)19(21(30)32-13)14(2)27-28-22(31)24(5)11-10-15(23(24,3)4)20-25-16-8-6-7-9-17(16)26-20/h6-9,12,15,29H,10-11H2,1-5H3,(H,25,26)(H,28,31)/b27-14+/t15-,24+/m0/s1. The van der Waals surface area contributed by atoms with E-state index in [-0.39, 0.29) is 28.8 Å². The summed E-state index contributed by atoms with van der Waals surface area (Å²) in [6, 6.07) is 9.23. The molecule has 0 bridgehead atoms. The van der Waals surface area contributed by atoms with E-state index >= 15 is 0 Å². The third-order valence-corrected chi connectivity index (χ3v) is 7.21. The zero-order chi connectivity index (χ0) is 23.3. The summed E-state index contributed by atoms with van der Waals surface area (Å²) in [7, 11) is 0. The van der Waals surface area contributed by atoms with Gasteiger partial charge < -0.3 is 14.5 Å². The predicted molar refractivity (Wildman–Crippen MR) is 122 cm³/mol. The van der Waals surface area contributed by atoms with Crippen LogP contribution in [0.4, 0.5) is 0 Å². The first-order valence-electron chi connectivity index (χ1n) is 10.7. The fourth-order valence-corrected chi connectivity index (χ4v) is 4.77. The number of hydrazone groups is 1. The molecule has 1 aliphatic carbocycles. The molecule has 0 unspecified atom stereocenters. The van der Waals surface area contributed by atoms with Crippen molar-refractivity contribution in [2.75, 3.05) is 0 Å². The van der Waals surface area contributed by atoms with Crippen molar-refractivity contribution in [3.63, 3.8) is 0 Å². The summed E-state index contributed by atoms with van der Waals surface area (Å²) in [5.74, 6) is 0.784. The molecular formula is C24H28N4O4. The Kier molecular flexibility index (Phi) is 5.19. The number of aryl methyl sites for hydroxylation is 1. The van der Waals surface area contributed by atoms with Crippen LogP contribution in [0.25, 0.3) is 11.0 Å². The number of nitrogens with one attached hydrogen (secondary N) is 2. The highest BCUT2D eigenvalue weighted by Crippen LogP contribution is 2.59. The lowest BCUT2D eigenvalue weighted by Crippen LogP contribution is -2.45. The van der Waals surface area contributed by atoms with Gasteiger partial charge >= 0.3 is 5.63 Å². The molecular weight excluding hydrogens is 408 g/mol. The SMILES string of the molecule is C/C(=N\NC(=O)[C@@]1(C)CC[C@@H](c2nc3ccccc3[nH]2)C1(C)C)c1c(O)cc(C)oc1=O. The maximum atomic E-state index is 13.3. The van der Waals surface area contributed by atoms with Crippen molar-refractivity contribution in [1.82, 2.24) is 15.4 Å². The zero-order valence-electron chi connectivity index (χ0n) is 18.9. The molecule has 0 radical (unpaired) electrons. The lowest BCUT2D eigenvalue weighted by atomic mass is 9.65. The molecule has 1 saturated carbocycles. The maximum absolute atomic E-state index is 13.3. The number of aromatic nitrogens is 2. The smallest absolute Gasteiger partial charge is 0.348 e. The third kappa shape index (κ3) is 3.39. The van der Waals surface area contributed by atoms with Gasteiger partial charge in [0.25, 0.3) is 0 Å². The van der Waals surface area contributed by atoms with Crippen LogP contribution in [0.3, 0.4) is 0 Å². The van der Waals surface area contributed by atoms with Gasteiger partial charge in [0.15, 0.2) is 0 Å². The van der Waals surface area contributed by atoms with Gasteiger partial charge in [0.2, 0.25) is 5.91 Å². The molecule has 3 N–H and O–H groups in total. The molecule has 1 aromatic carbocycles. The first kappa shape index (κ1) is 21.8. The van der Waals surface area contributed by atoms with Crippen LogP contribution in [0.1, 0.15) is 63.6 Å². The molecule has 1 fully saturated rings. The number of carbonyl (C=O) groups is 1. The van der Waals surface area contributed by atoms with E-state index in [0.29, 0.717) is 12.2 Å². The van der Waals surface area contributed by atoms with Gasteiger partial charge in [0.05, 0.1) is 22.2 Å². The Hall–Kier alpha value is -3.42. The number of hydrogen-bond acceptors (Lipinski definition) is 6. The molecule has 168 valence electrons. The van der Waals surface area contributed by atoms with Crippen LogP contribution in [0.5, 0.6) is 5.75 Å². The van der Waals surface area contributed by atoms with E-state index in [9.17, 15) is 14.7 Å². The van der Waals surface area contributed by atoms with Crippen LogP contribution in [0.2, 0.25) is 0 Å². The number of fused-ring (bicyclic) bond motifs is 1. The van der Waals surface area contributed by atoms with Crippen LogP contribution in [-0.2, 0) is 4.79 Å². The lowest BCUT2D eigenvalue weighted by molar-refractivity contribution is -0.135. The van der Waals surface area contributed by atoms with Gasteiger partial charge in [-0.3, -0.25) is 4.79 Å². The minimum Gasteiger partial charge on any atom is -0.507 e. The number of amides is 1. The van der Waals surface area contributed by atoms with E-state index in [1.54, 1.807) is 13.8 Å². The number of benzene rings is 1. The number of para-hydroxylation sites is 2. The number of carbonyl (C=O) groups excluding carboxylic acids is 1. The summed E-state index contributed by atoms with van der Waals surface area (Å²) in [4.78, 5) is 33.6. The Morgan fingerprint density at radius 3 is 2.72 bits per heavy atom. The third-order valence-electron chi connectivity index (χ3n) is 7.21. The summed E-state index contributed by atoms with van der Waals surface area (Å²) in [6.45, 7) is 9.21. The van der Waals surface area contributed by atoms with Gasteiger partial charge in [0.1, 0.15) is 22.9 Å². The minimum atomic E-state index is -0.708. The fraction of sp³-hybridized carbons (Fsp3) is 0.417. The molecule has 3 aromatic rings. The van der Waals surface area contributed by atoms with E-state index in [0.717, 1.165) is 23.3 Å². The second-order valence-corrected chi connectivity index (χ2v) is 9.33. The minimum absolute atomic E-state index is 0.0631. The van der Waals surface area contributed by atoms with E-state index in [4.69, 9.17) is 9.40 Å². The Labute approximate surface area is 185 Å². The highest BCUT2D eigenvalue weighted by Gasteiger charge is 2.57. The van der Waals surface area contributed by atoms with Crippen LogP contribution >= 0.6 is 0 Å². The lowest BCUT2D eigenvalue weighted by Gasteiger charge is -2.39. The topological polar surface area (TPSA) is 121 Å². The summed E-state index contributed by atoms with van der Waals surface area (Å²) >= 11 is 0. The number of hydrogen-bond donors (Lipinski definition) is 3. The van der Waals surface area contributed by atoms with Crippen molar-refractivity contribution in [3.05, 3.63) is 57.9 Å². The van der Waals surface area contributed by atoms with E-state index in [2.05, 4.69) is 29.4 Å². The molecule has 8 nitrogen and oxygen atoms in total. The molecule has 1 aliphatic rings. The molecule has 1 amide bonds. The van der Waals surface area contributed by atoms with Gasteiger partial charge in [-0.15, -0.1) is 0 Å². The average Bonchev–Trinajstić information content (AvgIpc) is 3.24. The van der Waals surface area contributed by atoms with Crippen LogP contribution in [0, 0.1) is 17.8 Å². The molecule has 2 atom stereocenters. The number of aromatic hydroxyl groups is 1. The highest BCUT2D eigenvalue weighted by atomic mass is 16.4. The fourth-order valence-electron chi connectivity index (χ4n) is 4.77. The summed E-state index contributed by atoms with van der Waals surface area (Å²) < 4.78 is 5.04. The van der Waals surface area contributed by atoms with Crippen LogP contribution < -0.4 is 11.1 Å². The largest absolute Gasteiger partial charge is 0.507 e. The van der Waals surface area contributed by atoms with Crippen molar-refractivity contribution in [3.8, 4) is 5.75 Å². The van der Waals surface area contributed by atoms with Crippen molar-refractivity contribution in [2.45, 2.75) is 53.4 Å². The molecule has 2 aromatic heterocycles. The van der Waals surface area contributed by atoms with Crippen molar-refractivity contribution >= 4 is 22.7 Å². The molecule has 4 rings (SSSR count). The number of aromatic amines is 1. The van der Waals surface area contributed by atoms with Crippen LogP contribution in [0.15, 0.2) is 44.6 Å². The number of rotatable bonds is 4. The molecule has 32 heavy (non-hydrogen) atoms. The van der Waals surface area contributed by atoms with Gasteiger partial charge in [-0.1, -0.05) is 32.9 Å². The summed E-state index contributed by atoms with van der Waals surface area (Å²) in [5.41, 5.74) is 2.81. The second kappa shape index (κ2) is 7.62. The molecule has 0 spiro atoms. The first-order valence-corrected chi connectivity index (χ1v) is 10.7. The van der Waals surface area contributed by atoms with Crippen molar-refractivity contribution in [1.29, 1.82) is 0 Å². The maximum Gasteiger partial charge on any atom is 0.348 e. The van der Waals surface area contributed by atoms with Crippen molar-refractivity contribution in [2.24, 2.45) is 15.9 Å². The Morgan fingerprint density at radius 1 is 1.31 bits per heavy atom. The monoisotopic (exact) mass is 436 g/mol. The normalized spacial score (nSPS) is 22.9. The van der Waals surface area contributed by atoms with Gasteiger partial charge in [-0.25, -0.2) is 15.2 Å². The van der Waals surface area contributed by atoms with Crippen LogP contribution in [-0.4, -0.2) is 26.7 Å². The highest BCUT2D eigenvalue weighted by molar-refractivity contribution is 6.01. The Bertz CT molecular complexity index is 1250. The molecule has 0 aliphatic heterocycles. The number of imidazole rings is 1. The van der Waals surface area contributed by atoms with Gasteiger partial charge in [-0.2, -0.15) is 5.10 Å². The first-order chi connectivity index (χ1) is 15.0. The molecule has 2 heterocycles. The summed E-state index contributed by atoms with van der Waals surface area (Å²) in [5, 5.41) is 14.2. The molecule has 8 heteroatoms. The van der Waals surface area contributed by atoms with Gasteiger partial charge in [-0.05, 0) is 44.2 Å². The van der Waals surface area contributed by atoms with Gasteiger partial charge in [0, 0.05) is 12.0 Å². The van der Waals surface area contributed by atoms with E-state index in [1.807, 2.05) is 31.2 Å². The second-order valence-electron chi connectivity index (χ2n) is 9.33. The summed E-state index contributed by atoms with van der Waals surface area (Å²) in [6.07, 6.45) is 1.47. The quantitative estimate of drug-likeness (QED) is 0.422. The van der Waals surface area contributed by atoms with Crippen molar-refractivity contribution < 1.29 is 14.3 Å². The predicted octanol–water partition coefficient (Wildman–Crippen LogP) is 3.98. The number of nitrogens with zero attached hydrogens (tertiary/aromatic N) is 2. The molecule has 0 saturated heterocycles. The Morgan fingerprint density at radius 2 is 2.03 bits per heavy atom.